The van der Waals surface area contributed by atoms with Gasteiger partial charge >= 0.3 is 0 Å². The summed E-state index contributed by atoms with van der Waals surface area (Å²) in [6.45, 7) is 22.4. The van der Waals surface area contributed by atoms with E-state index < -0.39 is 5.66 Å². The Labute approximate surface area is 238 Å². The molecule has 4 N–H and O–H groups in total. The molecule has 1 aliphatic carbocycles. The first-order valence-electron chi connectivity index (χ1n) is 14.7. The Morgan fingerprint density at radius 2 is 1.64 bits per heavy atom. The third-order valence-corrected chi connectivity index (χ3v) is 8.29. The zero-order chi connectivity index (χ0) is 29.6. The molecule has 218 valence electrons. The second kappa shape index (κ2) is 13.4. The van der Waals surface area contributed by atoms with Gasteiger partial charge in [0.15, 0.2) is 0 Å². The molecule has 0 aromatic heterocycles. The van der Waals surface area contributed by atoms with E-state index in [0.717, 1.165) is 24.0 Å². The molecule has 1 aromatic rings. The summed E-state index contributed by atoms with van der Waals surface area (Å²) in [4.78, 5) is 26.8. The van der Waals surface area contributed by atoms with E-state index in [-0.39, 0.29) is 40.3 Å². The number of nitrogens with one attached hydrogen (secondary N) is 2. The van der Waals surface area contributed by atoms with E-state index in [1.54, 1.807) is 0 Å². The summed E-state index contributed by atoms with van der Waals surface area (Å²) in [7, 11) is 0. The highest BCUT2D eigenvalue weighted by Gasteiger charge is 2.39. The molecule has 0 aliphatic heterocycles. The van der Waals surface area contributed by atoms with Gasteiger partial charge in [-0.3, -0.25) is 14.9 Å². The van der Waals surface area contributed by atoms with Crippen LogP contribution in [0.15, 0.2) is 47.6 Å². The molecule has 1 amide bonds. The van der Waals surface area contributed by atoms with E-state index in [1.165, 1.54) is 11.1 Å². The first kappa shape index (κ1) is 33.0. The van der Waals surface area contributed by atoms with Crippen LogP contribution in [0.25, 0.3) is 0 Å². The van der Waals surface area contributed by atoms with Gasteiger partial charge in [0.25, 0.3) is 0 Å². The van der Waals surface area contributed by atoms with Crippen LogP contribution in [0.3, 0.4) is 0 Å². The van der Waals surface area contributed by atoms with E-state index >= 15 is 0 Å². The third kappa shape index (κ3) is 10.3. The molecule has 2 unspecified atom stereocenters. The number of carbonyl (C=O) groups is 2. The summed E-state index contributed by atoms with van der Waals surface area (Å²) in [5, 5.41) is 6.43. The lowest BCUT2D eigenvalue weighted by Gasteiger charge is -2.37. The Hall–Kier alpha value is -2.24. The van der Waals surface area contributed by atoms with Gasteiger partial charge in [0, 0.05) is 24.9 Å². The van der Waals surface area contributed by atoms with Gasteiger partial charge in [0.05, 0.1) is 11.6 Å². The zero-order valence-electron chi connectivity index (χ0n) is 26.3. The van der Waals surface area contributed by atoms with Crippen molar-refractivity contribution in [3.05, 3.63) is 58.7 Å². The smallest absolute Gasteiger partial charge is 0.224 e. The van der Waals surface area contributed by atoms with Crippen molar-refractivity contribution in [3.63, 3.8) is 0 Å². The summed E-state index contributed by atoms with van der Waals surface area (Å²) in [6.07, 6.45) is 7.92. The molecule has 2 rings (SSSR count). The maximum Gasteiger partial charge on any atom is 0.224 e. The van der Waals surface area contributed by atoms with Crippen molar-refractivity contribution in [2.24, 2.45) is 34.3 Å². The number of Topliss-reactive ketones (excluding diaryl/α,β-unsaturated/α-hetero) is 1. The number of allylic oxidation sites excluding steroid dienone is 4. The van der Waals surface area contributed by atoms with Crippen LogP contribution >= 0.6 is 0 Å². The van der Waals surface area contributed by atoms with E-state index in [0.29, 0.717) is 25.9 Å². The third-order valence-electron chi connectivity index (χ3n) is 8.29. The Balaban J connectivity index is 2.12. The molecular formula is C34H55N3O2. The monoisotopic (exact) mass is 537 g/mol. The van der Waals surface area contributed by atoms with Crippen molar-refractivity contribution < 1.29 is 9.59 Å². The van der Waals surface area contributed by atoms with Crippen LogP contribution < -0.4 is 16.4 Å². The van der Waals surface area contributed by atoms with Crippen LogP contribution in [0.4, 0.5) is 0 Å². The Bertz CT molecular complexity index is 1050. The average Bonchev–Trinajstić information content (AvgIpc) is 2.84. The minimum atomic E-state index is -0.452. The molecule has 1 aliphatic rings. The molecule has 0 heterocycles. The SMILES string of the molecule is CC(=CCCC(C)(C)C1=CCC(C(=O)NCc2cccc(CNC(C)(C)N)c2)C(C(=O)C(C)C)C1)C(C)(C)C. The fraction of sp³-hybridized carbons (Fsp3) is 0.647. The second-order valence-corrected chi connectivity index (χ2v) is 14.1. The van der Waals surface area contributed by atoms with Gasteiger partial charge in [-0.15, -0.1) is 0 Å². The molecule has 39 heavy (non-hydrogen) atoms. The molecule has 0 bridgehead atoms. The van der Waals surface area contributed by atoms with Gasteiger partial charge < -0.3 is 11.1 Å². The van der Waals surface area contributed by atoms with E-state index in [9.17, 15) is 9.59 Å². The van der Waals surface area contributed by atoms with Crippen LogP contribution in [0.1, 0.15) is 106 Å². The first-order chi connectivity index (χ1) is 17.9. The predicted molar refractivity (Wildman–Crippen MR) is 164 cm³/mol. The summed E-state index contributed by atoms with van der Waals surface area (Å²) >= 11 is 0. The lowest BCUT2D eigenvalue weighted by molar-refractivity contribution is -0.135. The standard InChI is InChI=1S/C34H55N3O2/c1-23(2)30(38)29-20-27(33(7,8)18-12-13-24(3)32(4,5)6)16-17-28(29)31(39)36-21-25-14-11-15-26(19-25)22-37-34(9,10)35/h11,13-16,19,23,28-29,37H,12,17-18,20-22,35H2,1-10H3,(H,36,39). The number of hydrogen-bond donors (Lipinski definition) is 3. The Kier molecular flexibility index (Phi) is 11.3. The van der Waals surface area contributed by atoms with Crippen molar-refractivity contribution >= 4 is 11.7 Å². The molecule has 0 fully saturated rings. The van der Waals surface area contributed by atoms with Gasteiger partial charge in [-0.2, -0.15) is 0 Å². The number of amides is 1. The quantitative estimate of drug-likeness (QED) is 0.197. The summed E-state index contributed by atoms with van der Waals surface area (Å²) in [5.74, 6) is -0.542. The van der Waals surface area contributed by atoms with Crippen LogP contribution in [0, 0.1) is 28.6 Å². The molecular weight excluding hydrogens is 482 g/mol. The Morgan fingerprint density at radius 3 is 2.21 bits per heavy atom. The Morgan fingerprint density at radius 1 is 1.03 bits per heavy atom. The molecule has 0 saturated carbocycles. The van der Waals surface area contributed by atoms with Crippen LogP contribution in [0.5, 0.6) is 0 Å². The van der Waals surface area contributed by atoms with Gasteiger partial charge in [-0.1, -0.05) is 96.0 Å². The van der Waals surface area contributed by atoms with Crippen LogP contribution in [-0.2, 0) is 22.7 Å². The lowest BCUT2D eigenvalue weighted by Crippen LogP contribution is -2.47. The molecule has 0 saturated heterocycles. The number of rotatable bonds is 12. The highest BCUT2D eigenvalue weighted by Crippen LogP contribution is 2.43. The number of nitrogens with two attached hydrogens (primary N) is 1. The molecule has 5 heteroatoms. The van der Waals surface area contributed by atoms with Crippen molar-refractivity contribution in [1.29, 1.82) is 0 Å². The molecule has 0 radical (unpaired) electrons. The van der Waals surface area contributed by atoms with Crippen molar-refractivity contribution in [3.8, 4) is 0 Å². The largest absolute Gasteiger partial charge is 0.352 e. The average molecular weight is 538 g/mol. The molecule has 5 nitrogen and oxygen atoms in total. The summed E-state index contributed by atoms with van der Waals surface area (Å²) < 4.78 is 0. The normalized spacial score (nSPS) is 19.2. The summed E-state index contributed by atoms with van der Waals surface area (Å²) in [5.41, 5.74) is 10.6. The van der Waals surface area contributed by atoms with E-state index in [2.05, 4.69) is 76.5 Å². The fourth-order valence-electron chi connectivity index (χ4n) is 5.08. The van der Waals surface area contributed by atoms with E-state index in [4.69, 9.17) is 5.73 Å². The predicted octanol–water partition coefficient (Wildman–Crippen LogP) is 7.06. The maximum atomic E-state index is 13.4. The first-order valence-corrected chi connectivity index (χ1v) is 14.7. The second-order valence-electron chi connectivity index (χ2n) is 14.1. The van der Waals surface area contributed by atoms with Crippen LogP contribution in [0.2, 0.25) is 0 Å². The number of benzene rings is 1. The van der Waals surface area contributed by atoms with Gasteiger partial charge in [-0.25, -0.2) is 0 Å². The van der Waals surface area contributed by atoms with Gasteiger partial charge in [0.1, 0.15) is 5.78 Å². The fourth-order valence-corrected chi connectivity index (χ4v) is 5.08. The van der Waals surface area contributed by atoms with Crippen molar-refractivity contribution in [2.45, 2.75) is 114 Å². The van der Waals surface area contributed by atoms with Crippen molar-refractivity contribution in [1.82, 2.24) is 10.6 Å². The highest BCUT2D eigenvalue weighted by atomic mass is 16.2. The van der Waals surface area contributed by atoms with E-state index in [1.807, 2.05) is 39.8 Å². The lowest BCUT2D eigenvalue weighted by atomic mass is 9.67. The number of hydrogen-bond acceptors (Lipinski definition) is 4. The molecule has 0 spiro atoms. The van der Waals surface area contributed by atoms with Crippen molar-refractivity contribution in [2.75, 3.05) is 0 Å². The van der Waals surface area contributed by atoms with Crippen LogP contribution in [-0.4, -0.2) is 17.4 Å². The molecule has 1 aromatic carbocycles. The number of carbonyl (C=O) groups excluding carboxylic acids is 2. The van der Waals surface area contributed by atoms with Gasteiger partial charge in [0.2, 0.25) is 5.91 Å². The maximum absolute atomic E-state index is 13.4. The zero-order valence-corrected chi connectivity index (χ0v) is 26.3. The van der Waals surface area contributed by atoms with Gasteiger partial charge in [-0.05, 0) is 68.4 Å². The minimum absolute atomic E-state index is 0.0157. The number of ketones is 1. The topological polar surface area (TPSA) is 84.2 Å². The minimum Gasteiger partial charge on any atom is -0.352 e. The summed E-state index contributed by atoms with van der Waals surface area (Å²) in [6, 6.07) is 8.16. The molecule has 2 atom stereocenters. The highest BCUT2D eigenvalue weighted by molar-refractivity contribution is 5.90.